The van der Waals surface area contributed by atoms with Gasteiger partial charge in [0.05, 0.1) is 16.7 Å². The second-order valence-electron chi connectivity index (χ2n) is 6.86. The first-order valence-electron chi connectivity index (χ1n) is 7.73. The van der Waals surface area contributed by atoms with E-state index in [4.69, 9.17) is 16.3 Å². The number of anilines is 1. The fraction of sp³-hybridized carbons (Fsp3) is 0.688. The van der Waals surface area contributed by atoms with Crippen molar-refractivity contribution < 1.29 is 4.74 Å². The summed E-state index contributed by atoms with van der Waals surface area (Å²) in [5.41, 5.74) is 0.983. The first-order valence-corrected chi connectivity index (χ1v) is 8.11. The molecule has 2 fully saturated rings. The second-order valence-corrected chi connectivity index (χ2v) is 7.26. The average Bonchev–Trinajstić information content (AvgIpc) is 3.19. The number of ether oxygens (including phenoxy) is 1. The largest absolute Gasteiger partial charge is 0.369 e. The van der Waals surface area contributed by atoms with Crippen molar-refractivity contribution in [1.29, 1.82) is 0 Å². The fourth-order valence-electron chi connectivity index (χ4n) is 2.95. The van der Waals surface area contributed by atoms with Crippen LogP contribution in [0.15, 0.2) is 12.3 Å². The maximum absolute atomic E-state index is 6.28. The monoisotopic (exact) mass is 309 g/mol. The molecule has 21 heavy (non-hydrogen) atoms. The molecule has 2 heterocycles. The Balaban J connectivity index is 1.75. The molecule has 1 N–H and O–H groups in total. The van der Waals surface area contributed by atoms with Gasteiger partial charge in [-0.1, -0.05) is 11.6 Å². The SMILES string of the molecule is CC1CN(c2cc(CNC3CC3)c(Cl)cn2)CC(C)(C)O1. The topological polar surface area (TPSA) is 37.4 Å². The fourth-order valence-corrected chi connectivity index (χ4v) is 3.12. The number of rotatable bonds is 4. The Morgan fingerprint density at radius 3 is 2.90 bits per heavy atom. The zero-order valence-electron chi connectivity index (χ0n) is 13.0. The first kappa shape index (κ1) is 15.1. The van der Waals surface area contributed by atoms with Crippen molar-refractivity contribution in [1.82, 2.24) is 10.3 Å². The number of nitrogens with zero attached hydrogens (tertiary/aromatic N) is 2. The van der Waals surface area contributed by atoms with Crippen molar-refractivity contribution in [3.63, 3.8) is 0 Å². The van der Waals surface area contributed by atoms with E-state index in [0.717, 1.165) is 36.0 Å². The molecule has 3 rings (SSSR count). The molecular formula is C16H24ClN3O. The summed E-state index contributed by atoms with van der Waals surface area (Å²) in [6, 6.07) is 2.80. The number of hydrogen-bond acceptors (Lipinski definition) is 4. The van der Waals surface area contributed by atoms with Gasteiger partial charge in [0, 0.05) is 31.9 Å². The quantitative estimate of drug-likeness (QED) is 0.928. The number of hydrogen-bond donors (Lipinski definition) is 1. The third-order valence-corrected chi connectivity index (χ3v) is 4.31. The van der Waals surface area contributed by atoms with Crippen molar-refractivity contribution in [3.8, 4) is 0 Å². The van der Waals surface area contributed by atoms with Crippen LogP contribution in [0.4, 0.5) is 5.82 Å². The van der Waals surface area contributed by atoms with Gasteiger partial charge in [-0.3, -0.25) is 0 Å². The summed E-state index contributed by atoms with van der Waals surface area (Å²) >= 11 is 6.28. The van der Waals surface area contributed by atoms with E-state index >= 15 is 0 Å². The minimum Gasteiger partial charge on any atom is -0.369 e. The van der Waals surface area contributed by atoms with Gasteiger partial charge in [-0.15, -0.1) is 0 Å². The van der Waals surface area contributed by atoms with Crippen LogP contribution in [0.3, 0.4) is 0 Å². The molecule has 1 unspecified atom stereocenters. The minimum absolute atomic E-state index is 0.147. The molecule has 1 aliphatic carbocycles. The molecule has 1 aliphatic heterocycles. The van der Waals surface area contributed by atoms with Crippen LogP contribution in [0.25, 0.3) is 0 Å². The molecule has 1 aromatic rings. The lowest BCUT2D eigenvalue weighted by atomic mass is 10.1. The summed E-state index contributed by atoms with van der Waals surface area (Å²) in [5, 5.41) is 4.26. The van der Waals surface area contributed by atoms with Crippen molar-refractivity contribution in [2.75, 3.05) is 18.0 Å². The minimum atomic E-state index is -0.147. The van der Waals surface area contributed by atoms with Crippen molar-refractivity contribution in [3.05, 3.63) is 22.8 Å². The van der Waals surface area contributed by atoms with Gasteiger partial charge in [0.15, 0.2) is 0 Å². The Labute approximate surface area is 131 Å². The van der Waals surface area contributed by atoms with Gasteiger partial charge in [-0.2, -0.15) is 0 Å². The summed E-state index contributed by atoms with van der Waals surface area (Å²) in [6.07, 6.45) is 4.54. The van der Waals surface area contributed by atoms with Crippen molar-refractivity contribution in [2.24, 2.45) is 0 Å². The van der Waals surface area contributed by atoms with Gasteiger partial charge in [-0.25, -0.2) is 4.98 Å². The van der Waals surface area contributed by atoms with E-state index in [1.165, 1.54) is 12.8 Å². The van der Waals surface area contributed by atoms with Crippen LogP contribution in [0.5, 0.6) is 0 Å². The highest BCUT2D eigenvalue weighted by molar-refractivity contribution is 6.31. The van der Waals surface area contributed by atoms with Crippen molar-refractivity contribution in [2.45, 2.75) is 57.9 Å². The maximum Gasteiger partial charge on any atom is 0.129 e. The third-order valence-electron chi connectivity index (χ3n) is 3.97. The summed E-state index contributed by atoms with van der Waals surface area (Å²) in [7, 11) is 0. The lowest BCUT2D eigenvalue weighted by Crippen LogP contribution is -2.52. The second kappa shape index (κ2) is 5.75. The molecule has 5 heteroatoms. The molecule has 1 saturated carbocycles. The highest BCUT2D eigenvalue weighted by Crippen LogP contribution is 2.28. The third kappa shape index (κ3) is 3.87. The smallest absolute Gasteiger partial charge is 0.129 e. The first-order chi connectivity index (χ1) is 9.93. The van der Waals surface area contributed by atoms with Gasteiger partial charge in [0.1, 0.15) is 5.82 Å². The Morgan fingerprint density at radius 1 is 1.48 bits per heavy atom. The molecule has 4 nitrogen and oxygen atoms in total. The standard InChI is InChI=1S/C16H24ClN3O/c1-11-9-20(10-16(2,3)21-11)15-6-12(14(17)8-19-15)7-18-13-4-5-13/h6,8,11,13,18H,4-5,7,9-10H2,1-3H3. The summed E-state index contributed by atoms with van der Waals surface area (Å²) in [6.45, 7) is 8.90. The molecule has 116 valence electrons. The van der Waals surface area contributed by atoms with Crippen LogP contribution < -0.4 is 10.2 Å². The van der Waals surface area contributed by atoms with E-state index in [9.17, 15) is 0 Å². The molecule has 0 amide bonds. The van der Waals surface area contributed by atoms with Gasteiger partial charge in [0.2, 0.25) is 0 Å². The van der Waals surface area contributed by atoms with Crippen molar-refractivity contribution >= 4 is 17.4 Å². The van der Waals surface area contributed by atoms with Crippen LogP contribution in [-0.4, -0.2) is 35.8 Å². The lowest BCUT2D eigenvalue weighted by molar-refractivity contribution is -0.0751. The summed E-state index contributed by atoms with van der Waals surface area (Å²) < 4.78 is 5.96. The maximum atomic E-state index is 6.28. The predicted octanol–water partition coefficient (Wildman–Crippen LogP) is 2.99. The van der Waals surface area contributed by atoms with Crippen LogP contribution in [0.1, 0.15) is 39.2 Å². The van der Waals surface area contributed by atoms with E-state index < -0.39 is 0 Å². The number of halogens is 1. The van der Waals surface area contributed by atoms with Gasteiger partial charge in [-0.05, 0) is 45.2 Å². The number of morpholine rings is 1. The zero-order chi connectivity index (χ0) is 15.0. The van der Waals surface area contributed by atoms with Gasteiger partial charge < -0.3 is 15.0 Å². The van der Waals surface area contributed by atoms with Gasteiger partial charge >= 0.3 is 0 Å². The van der Waals surface area contributed by atoms with Crippen LogP contribution in [0.2, 0.25) is 5.02 Å². The van der Waals surface area contributed by atoms with E-state index in [2.05, 4.69) is 42.0 Å². The number of aromatic nitrogens is 1. The van der Waals surface area contributed by atoms with Gasteiger partial charge in [0.25, 0.3) is 0 Å². The van der Waals surface area contributed by atoms with E-state index in [1.807, 2.05) is 0 Å². The number of pyridine rings is 1. The number of nitrogens with one attached hydrogen (secondary N) is 1. The van der Waals surface area contributed by atoms with E-state index in [-0.39, 0.29) is 11.7 Å². The molecule has 0 bridgehead atoms. The van der Waals surface area contributed by atoms with E-state index in [0.29, 0.717) is 6.04 Å². The molecule has 1 aromatic heterocycles. The molecule has 1 atom stereocenters. The summed E-state index contributed by atoms with van der Waals surface area (Å²) in [5.74, 6) is 0.996. The average molecular weight is 310 g/mol. The van der Waals surface area contributed by atoms with E-state index in [1.54, 1.807) is 6.20 Å². The molecule has 2 aliphatic rings. The van der Waals surface area contributed by atoms with Crippen LogP contribution in [-0.2, 0) is 11.3 Å². The highest BCUT2D eigenvalue weighted by Gasteiger charge is 2.32. The molecule has 0 spiro atoms. The Bertz CT molecular complexity index is 516. The normalized spacial score (nSPS) is 25.1. The summed E-state index contributed by atoms with van der Waals surface area (Å²) in [4.78, 5) is 6.81. The van der Waals surface area contributed by atoms with Crippen LogP contribution >= 0.6 is 11.6 Å². The lowest BCUT2D eigenvalue weighted by Gasteiger charge is -2.42. The predicted molar refractivity (Wildman–Crippen MR) is 85.9 cm³/mol. The molecular weight excluding hydrogens is 286 g/mol. The Kier molecular flexibility index (Phi) is 4.12. The van der Waals surface area contributed by atoms with Crippen LogP contribution in [0, 0.1) is 0 Å². The Hall–Kier alpha value is -0.840. The molecule has 0 radical (unpaired) electrons. The highest BCUT2D eigenvalue weighted by atomic mass is 35.5. The Morgan fingerprint density at radius 2 is 2.24 bits per heavy atom. The molecule has 0 aromatic carbocycles. The molecule has 1 saturated heterocycles. The zero-order valence-corrected chi connectivity index (χ0v) is 13.8.